The minimum absolute atomic E-state index is 0.0210. The topological polar surface area (TPSA) is 96.0 Å². The molecule has 0 bridgehead atoms. The summed E-state index contributed by atoms with van der Waals surface area (Å²) in [6.07, 6.45) is 1.73. The van der Waals surface area contributed by atoms with Crippen molar-refractivity contribution in [3.05, 3.63) is 57.0 Å². The van der Waals surface area contributed by atoms with E-state index in [-0.39, 0.29) is 42.8 Å². The molecular formula is C25H32Cl3N3O5S. The Morgan fingerprint density at radius 1 is 1.03 bits per heavy atom. The number of carbonyl (C=O) groups is 2. The van der Waals surface area contributed by atoms with Crippen molar-refractivity contribution in [2.75, 3.05) is 30.8 Å². The number of nitrogens with one attached hydrogen (secondary N) is 1. The summed E-state index contributed by atoms with van der Waals surface area (Å²) in [5.41, 5.74) is 1.08. The fourth-order valence-electron chi connectivity index (χ4n) is 3.86. The van der Waals surface area contributed by atoms with Crippen LogP contribution in [0.2, 0.25) is 15.1 Å². The van der Waals surface area contributed by atoms with E-state index in [2.05, 4.69) is 5.32 Å². The van der Waals surface area contributed by atoms with Crippen molar-refractivity contribution < 1.29 is 22.7 Å². The fourth-order valence-corrected chi connectivity index (χ4v) is 5.39. The van der Waals surface area contributed by atoms with Crippen molar-refractivity contribution in [3.8, 4) is 5.75 Å². The average molecular weight is 593 g/mol. The molecule has 0 saturated heterocycles. The third-order valence-electron chi connectivity index (χ3n) is 5.65. The third kappa shape index (κ3) is 8.67. The van der Waals surface area contributed by atoms with Crippen LogP contribution in [0, 0.1) is 0 Å². The highest BCUT2D eigenvalue weighted by Crippen LogP contribution is 2.30. The molecule has 0 spiro atoms. The molecule has 0 saturated carbocycles. The van der Waals surface area contributed by atoms with Gasteiger partial charge >= 0.3 is 0 Å². The largest absolute Gasteiger partial charge is 0.495 e. The summed E-state index contributed by atoms with van der Waals surface area (Å²) in [6.45, 7) is 4.26. The van der Waals surface area contributed by atoms with Crippen molar-refractivity contribution in [1.29, 1.82) is 0 Å². The van der Waals surface area contributed by atoms with Crippen LogP contribution in [0.3, 0.4) is 0 Å². The number of methoxy groups -OCH3 is 1. The smallest absolute Gasteiger partial charge is 0.242 e. The fraction of sp³-hybridized carbons (Fsp3) is 0.440. The summed E-state index contributed by atoms with van der Waals surface area (Å²) in [4.78, 5) is 27.6. The minimum atomic E-state index is -3.65. The maximum atomic E-state index is 13.4. The molecule has 1 N–H and O–H groups in total. The molecule has 0 radical (unpaired) electrons. The zero-order chi connectivity index (χ0) is 27.8. The summed E-state index contributed by atoms with van der Waals surface area (Å²) < 4.78 is 31.3. The molecule has 2 rings (SSSR count). The molecule has 2 aromatic carbocycles. The molecule has 2 amide bonds. The van der Waals surface area contributed by atoms with Crippen molar-refractivity contribution in [2.24, 2.45) is 0 Å². The van der Waals surface area contributed by atoms with Crippen LogP contribution in [0.1, 0.15) is 38.7 Å². The predicted molar refractivity (Wildman–Crippen MR) is 149 cm³/mol. The SMILES string of the molecule is CCNC(=O)C(CC)N(Cc1ccc(Cl)c(Cl)c1)C(=O)CCCN(c1ccc(OC)c(Cl)c1)S(C)(=O)=O. The number of anilines is 1. The van der Waals surface area contributed by atoms with E-state index >= 15 is 0 Å². The van der Waals surface area contributed by atoms with E-state index in [4.69, 9.17) is 39.5 Å². The average Bonchev–Trinajstić information content (AvgIpc) is 2.83. The van der Waals surface area contributed by atoms with Gasteiger partial charge in [-0.05, 0) is 55.7 Å². The van der Waals surface area contributed by atoms with E-state index in [0.717, 1.165) is 11.8 Å². The van der Waals surface area contributed by atoms with Gasteiger partial charge in [0.25, 0.3) is 0 Å². The van der Waals surface area contributed by atoms with Gasteiger partial charge in [-0.25, -0.2) is 8.42 Å². The monoisotopic (exact) mass is 591 g/mol. The van der Waals surface area contributed by atoms with Crippen molar-refractivity contribution >= 4 is 62.3 Å². The molecule has 0 aliphatic carbocycles. The van der Waals surface area contributed by atoms with Gasteiger partial charge in [-0.2, -0.15) is 0 Å². The van der Waals surface area contributed by atoms with E-state index < -0.39 is 16.1 Å². The molecule has 1 atom stereocenters. The van der Waals surface area contributed by atoms with Crippen LogP contribution < -0.4 is 14.4 Å². The lowest BCUT2D eigenvalue weighted by Crippen LogP contribution is -2.49. The molecule has 12 heteroatoms. The Labute approximate surface area is 233 Å². The first-order valence-corrected chi connectivity index (χ1v) is 14.7. The number of halogens is 3. The van der Waals surface area contributed by atoms with Gasteiger partial charge in [0.1, 0.15) is 11.8 Å². The Kier molecular flexibility index (Phi) is 11.8. The van der Waals surface area contributed by atoms with Gasteiger partial charge in [-0.1, -0.05) is 47.8 Å². The van der Waals surface area contributed by atoms with E-state index in [1.54, 1.807) is 37.3 Å². The molecule has 0 aliphatic rings. The second-order valence-corrected chi connectivity index (χ2v) is 11.5. The normalized spacial score (nSPS) is 12.1. The lowest BCUT2D eigenvalue weighted by Gasteiger charge is -2.31. The molecule has 2 aromatic rings. The van der Waals surface area contributed by atoms with Gasteiger partial charge < -0.3 is 15.0 Å². The number of sulfonamides is 1. The zero-order valence-corrected chi connectivity index (χ0v) is 24.3. The summed E-state index contributed by atoms with van der Waals surface area (Å²) in [7, 11) is -2.19. The Balaban J connectivity index is 2.24. The van der Waals surface area contributed by atoms with E-state index in [1.165, 1.54) is 22.4 Å². The second kappa shape index (κ2) is 14.1. The summed E-state index contributed by atoms with van der Waals surface area (Å²) >= 11 is 18.4. The van der Waals surface area contributed by atoms with Crippen LogP contribution in [-0.4, -0.2) is 57.6 Å². The molecule has 0 heterocycles. The molecular weight excluding hydrogens is 561 g/mol. The number of nitrogens with zero attached hydrogens (tertiary/aromatic N) is 2. The second-order valence-electron chi connectivity index (χ2n) is 8.35. The summed E-state index contributed by atoms with van der Waals surface area (Å²) in [5.74, 6) is -0.127. The van der Waals surface area contributed by atoms with E-state index in [0.29, 0.717) is 34.4 Å². The quantitative estimate of drug-likeness (QED) is 0.347. The summed E-state index contributed by atoms with van der Waals surface area (Å²) in [6, 6.07) is 9.02. The number of hydrogen-bond acceptors (Lipinski definition) is 5. The number of ether oxygens (including phenoxy) is 1. The van der Waals surface area contributed by atoms with Crippen LogP contribution in [-0.2, 0) is 26.2 Å². The van der Waals surface area contributed by atoms with Gasteiger partial charge in [0.2, 0.25) is 21.8 Å². The first-order chi connectivity index (χ1) is 17.4. The molecule has 8 nitrogen and oxygen atoms in total. The number of likely N-dealkylation sites (N-methyl/N-ethyl adjacent to an activating group) is 1. The standard InChI is InChI=1S/C25H32Cl3N3O5S/c1-5-22(25(33)29-6-2)30(16-17-9-11-19(26)20(27)14-17)24(32)8-7-13-31(37(4,34)35)18-10-12-23(36-3)21(28)15-18/h9-12,14-15,22H,5-8,13,16H2,1-4H3,(H,29,33). The van der Waals surface area contributed by atoms with Crippen molar-refractivity contribution in [2.45, 2.75) is 45.7 Å². The molecule has 1 unspecified atom stereocenters. The first kappa shape index (κ1) is 31.0. The number of amides is 2. The highest BCUT2D eigenvalue weighted by Gasteiger charge is 2.29. The van der Waals surface area contributed by atoms with Gasteiger partial charge in [-0.3, -0.25) is 13.9 Å². The lowest BCUT2D eigenvalue weighted by molar-refractivity contribution is -0.141. The summed E-state index contributed by atoms with van der Waals surface area (Å²) in [5, 5.41) is 3.78. The Morgan fingerprint density at radius 2 is 1.73 bits per heavy atom. The van der Waals surface area contributed by atoms with E-state index in [1.807, 2.05) is 6.92 Å². The Morgan fingerprint density at radius 3 is 2.27 bits per heavy atom. The van der Waals surface area contributed by atoms with Gasteiger partial charge in [-0.15, -0.1) is 0 Å². The Bertz CT molecular complexity index is 1210. The van der Waals surface area contributed by atoms with Crippen LogP contribution in [0.5, 0.6) is 5.75 Å². The molecule has 0 aromatic heterocycles. The van der Waals surface area contributed by atoms with Gasteiger partial charge in [0, 0.05) is 26.1 Å². The van der Waals surface area contributed by atoms with Crippen LogP contribution in [0.15, 0.2) is 36.4 Å². The molecule has 37 heavy (non-hydrogen) atoms. The molecule has 0 aliphatic heterocycles. The highest BCUT2D eigenvalue weighted by molar-refractivity contribution is 7.92. The van der Waals surface area contributed by atoms with Gasteiger partial charge in [0.05, 0.1) is 34.1 Å². The van der Waals surface area contributed by atoms with Crippen LogP contribution >= 0.6 is 34.8 Å². The van der Waals surface area contributed by atoms with Crippen LogP contribution in [0.4, 0.5) is 5.69 Å². The third-order valence-corrected chi connectivity index (χ3v) is 7.88. The van der Waals surface area contributed by atoms with E-state index in [9.17, 15) is 18.0 Å². The first-order valence-electron chi connectivity index (χ1n) is 11.7. The number of carbonyl (C=O) groups excluding carboxylic acids is 2. The highest BCUT2D eigenvalue weighted by atomic mass is 35.5. The number of benzene rings is 2. The molecule has 204 valence electrons. The Hall–Kier alpha value is -2.20. The maximum absolute atomic E-state index is 13.4. The van der Waals surface area contributed by atoms with Crippen molar-refractivity contribution in [3.63, 3.8) is 0 Å². The number of hydrogen-bond donors (Lipinski definition) is 1. The molecule has 0 fully saturated rings. The zero-order valence-electron chi connectivity index (χ0n) is 21.3. The predicted octanol–water partition coefficient (Wildman–Crippen LogP) is 5.15. The van der Waals surface area contributed by atoms with Gasteiger partial charge in [0.15, 0.2) is 0 Å². The van der Waals surface area contributed by atoms with Crippen molar-refractivity contribution in [1.82, 2.24) is 10.2 Å². The maximum Gasteiger partial charge on any atom is 0.242 e. The van der Waals surface area contributed by atoms with Crippen LogP contribution in [0.25, 0.3) is 0 Å². The lowest BCUT2D eigenvalue weighted by atomic mass is 10.1. The minimum Gasteiger partial charge on any atom is -0.495 e. The number of rotatable bonds is 13.